The molecule has 1 saturated heterocycles. The predicted molar refractivity (Wildman–Crippen MR) is 90.7 cm³/mol. The highest BCUT2D eigenvalue weighted by atomic mass is 19.1. The van der Waals surface area contributed by atoms with Crippen LogP contribution in [0.1, 0.15) is 19.3 Å². The van der Waals surface area contributed by atoms with Crippen molar-refractivity contribution >= 4 is 17.5 Å². The molecule has 0 aliphatic carbocycles. The highest BCUT2D eigenvalue weighted by molar-refractivity contribution is 5.74. The molecule has 0 atom stereocenters. The molecule has 0 spiro atoms. The number of rotatable bonds is 4. The topological polar surface area (TPSA) is 113 Å². The normalized spacial score (nSPS) is 15.3. The molecule has 4 N–H and O–H groups in total. The number of anilines is 2. The second-order valence-corrected chi connectivity index (χ2v) is 6.19. The number of nitrogens with two attached hydrogens (primary N) is 1. The lowest BCUT2D eigenvalue weighted by Crippen LogP contribution is -2.35. The van der Waals surface area contributed by atoms with Gasteiger partial charge in [0, 0.05) is 25.1 Å². The van der Waals surface area contributed by atoms with Crippen molar-refractivity contribution in [2.24, 2.45) is 5.92 Å². The standard InChI is InChI=1S/C17H19FN4O3/c18-11-1-2-15(23)12(8-11)13-9-14(17(19)21-20-13)22-5-3-10(4-6-22)7-16(24)25/h1-2,8-10,23H,3-7H2,(H2,19,21)(H,24,25). The van der Waals surface area contributed by atoms with Gasteiger partial charge in [0.25, 0.3) is 0 Å². The smallest absolute Gasteiger partial charge is 0.303 e. The van der Waals surface area contributed by atoms with Crippen LogP contribution in [0.4, 0.5) is 15.9 Å². The second kappa shape index (κ2) is 6.92. The molecule has 0 radical (unpaired) electrons. The number of phenolic OH excluding ortho intramolecular Hbond substituents is 1. The minimum atomic E-state index is -0.785. The number of halogens is 1. The molecule has 1 aliphatic rings. The number of carbonyl (C=O) groups is 1. The van der Waals surface area contributed by atoms with Crippen LogP contribution < -0.4 is 10.6 Å². The van der Waals surface area contributed by atoms with Crippen LogP contribution in [0.15, 0.2) is 24.3 Å². The van der Waals surface area contributed by atoms with E-state index in [2.05, 4.69) is 10.2 Å². The summed E-state index contributed by atoms with van der Waals surface area (Å²) in [6.45, 7) is 1.31. The van der Waals surface area contributed by atoms with Crippen molar-refractivity contribution in [1.82, 2.24) is 10.2 Å². The van der Waals surface area contributed by atoms with Crippen molar-refractivity contribution in [2.45, 2.75) is 19.3 Å². The fourth-order valence-electron chi connectivity index (χ4n) is 3.11. The van der Waals surface area contributed by atoms with Crippen LogP contribution in [0, 0.1) is 11.7 Å². The molecule has 1 aliphatic heterocycles. The van der Waals surface area contributed by atoms with E-state index < -0.39 is 11.8 Å². The van der Waals surface area contributed by atoms with Gasteiger partial charge in [-0.15, -0.1) is 10.2 Å². The number of hydrogen-bond acceptors (Lipinski definition) is 6. The summed E-state index contributed by atoms with van der Waals surface area (Å²) in [5.74, 6) is -0.964. The molecule has 25 heavy (non-hydrogen) atoms. The number of aromatic hydroxyl groups is 1. The molecular formula is C17H19FN4O3. The molecule has 1 fully saturated rings. The van der Waals surface area contributed by atoms with Gasteiger partial charge in [-0.1, -0.05) is 0 Å². The number of piperidine rings is 1. The lowest BCUT2D eigenvalue weighted by atomic mass is 9.93. The van der Waals surface area contributed by atoms with Crippen LogP contribution >= 0.6 is 0 Å². The molecule has 0 bridgehead atoms. The summed E-state index contributed by atoms with van der Waals surface area (Å²) in [7, 11) is 0. The summed E-state index contributed by atoms with van der Waals surface area (Å²) >= 11 is 0. The van der Waals surface area contributed by atoms with E-state index in [0.717, 1.165) is 18.9 Å². The van der Waals surface area contributed by atoms with Crippen LogP contribution in [-0.4, -0.2) is 39.5 Å². The van der Waals surface area contributed by atoms with Crippen molar-refractivity contribution in [3.05, 3.63) is 30.1 Å². The van der Waals surface area contributed by atoms with E-state index in [4.69, 9.17) is 10.8 Å². The molecular weight excluding hydrogens is 327 g/mol. The third-order valence-electron chi connectivity index (χ3n) is 4.45. The molecule has 0 unspecified atom stereocenters. The van der Waals surface area contributed by atoms with E-state index in [1.807, 2.05) is 4.90 Å². The molecule has 8 heteroatoms. The molecule has 0 saturated carbocycles. The minimum Gasteiger partial charge on any atom is -0.507 e. The van der Waals surface area contributed by atoms with Gasteiger partial charge in [-0.3, -0.25) is 4.79 Å². The Balaban J connectivity index is 1.83. The fourth-order valence-corrected chi connectivity index (χ4v) is 3.11. The second-order valence-electron chi connectivity index (χ2n) is 6.19. The van der Waals surface area contributed by atoms with E-state index in [9.17, 15) is 14.3 Å². The summed E-state index contributed by atoms with van der Waals surface area (Å²) in [5, 5.41) is 26.7. The number of aromatic nitrogens is 2. The summed E-state index contributed by atoms with van der Waals surface area (Å²) < 4.78 is 13.5. The van der Waals surface area contributed by atoms with E-state index in [1.54, 1.807) is 6.07 Å². The zero-order chi connectivity index (χ0) is 18.0. The maximum atomic E-state index is 13.5. The summed E-state index contributed by atoms with van der Waals surface area (Å²) in [4.78, 5) is 12.8. The van der Waals surface area contributed by atoms with E-state index >= 15 is 0 Å². The fraction of sp³-hybridized carbons (Fsp3) is 0.353. The van der Waals surface area contributed by atoms with Gasteiger partial charge in [0.1, 0.15) is 11.6 Å². The first-order chi connectivity index (χ1) is 11.9. The lowest BCUT2D eigenvalue weighted by Gasteiger charge is -2.33. The molecule has 2 heterocycles. The molecule has 7 nitrogen and oxygen atoms in total. The molecule has 1 aromatic heterocycles. The summed E-state index contributed by atoms with van der Waals surface area (Å²) in [6.07, 6.45) is 1.66. The number of carboxylic acid groups (broad SMARTS) is 1. The lowest BCUT2D eigenvalue weighted by molar-refractivity contribution is -0.138. The SMILES string of the molecule is Nc1nnc(-c2cc(F)ccc2O)cc1N1CCC(CC(=O)O)CC1. The highest BCUT2D eigenvalue weighted by Gasteiger charge is 2.23. The number of phenols is 1. The molecule has 2 aromatic rings. The average molecular weight is 346 g/mol. The van der Waals surface area contributed by atoms with Gasteiger partial charge in [0.05, 0.1) is 11.4 Å². The number of benzene rings is 1. The van der Waals surface area contributed by atoms with Crippen molar-refractivity contribution < 1.29 is 19.4 Å². The van der Waals surface area contributed by atoms with Crippen molar-refractivity contribution in [1.29, 1.82) is 0 Å². The number of nitrogens with zero attached hydrogens (tertiary/aromatic N) is 3. The van der Waals surface area contributed by atoms with Crippen molar-refractivity contribution in [2.75, 3.05) is 23.7 Å². The van der Waals surface area contributed by atoms with E-state index in [-0.39, 0.29) is 29.5 Å². The van der Waals surface area contributed by atoms with Crippen molar-refractivity contribution in [3.63, 3.8) is 0 Å². The van der Waals surface area contributed by atoms with Gasteiger partial charge in [0.2, 0.25) is 0 Å². The average Bonchev–Trinajstić information content (AvgIpc) is 2.58. The summed E-state index contributed by atoms with van der Waals surface area (Å²) in [5.41, 5.74) is 7.16. The Morgan fingerprint density at radius 2 is 2.00 bits per heavy atom. The van der Waals surface area contributed by atoms with Gasteiger partial charge in [0.15, 0.2) is 5.82 Å². The number of aliphatic carboxylic acids is 1. The Bertz CT molecular complexity index is 791. The highest BCUT2D eigenvalue weighted by Crippen LogP contribution is 2.33. The van der Waals surface area contributed by atoms with E-state index in [0.29, 0.717) is 24.5 Å². The monoisotopic (exact) mass is 346 g/mol. The van der Waals surface area contributed by atoms with Crippen LogP contribution in [0.25, 0.3) is 11.3 Å². The van der Waals surface area contributed by atoms with Crippen molar-refractivity contribution in [3.8, 4) is 17.0 Å². The summed E-state index contributed by atoms with van der Waals surface area (Å²) in [6, 6.07) is 5.30. The maximum Gasteiger partial charge on any atom is 0.303 e. The Hall–Kier alpha value is -2.90. The first-order valence-electron chi connectivity index (χ1n) is 8.03. The zero-order valence-electron chi connectivity index (χ0n) is 13.5. The van der Waals surface area contributed by atoms with Gasteiger partial charge >= 0.3 is 5.97 Å². The molecule has 132 valence electrons. The molecule has 1 aromatic carbocycles. The third-order valence-corrected chi connectivity index (χ3v) is 4.45. The minimum absolute atomic E-state index is 0.0911. The van der Waals surface area contributed by atoms with E-state index in [1.165, 1.54) is 12.1 Å². The Morgan fingerprint density at radius 1 is 1.28 bits per heavy atom. The first-order valence-corrected chi connectivity index (χ1v) is 8.03. The first kappa shape index (κ1) is 16.9. The van der Waals surface area contributed by atoms with Gasteiger partial charge in [-0.25, -0.2) is 4.39 Å². The van der Waals surface area contributed by atoms with Gasteiger partial charge in [-0.2, -0.15) is 0 Å². The maximum absolute atomic E-state index is 13.5. The quantitative estimate of drug-likeness (QED) is 0.778. The number of carboxylic acids is 1. The van der Waals surface area contributed by atoms with Crippen LogP contribution in [0.2, 0.25) is 0 Å². The van der Waals surface area contributed by atoms with Gasteiger partial charge in [-0.05, 0) is 43.0 Å². The molecule has 0 amide bonds. The number of nitrogen functional groups attached to an aromatic ring is 1. The zero-order valence-corrected chi connectivity index (χ0v) is 13.5. The third kappa shape index (κ3) is 3.78. The van der Waals surface area contributed by atoms with Crippen LogP contribution in [0.3, 0.4) is 0 Å². The largest absolute Gasteiger partial charge is 0.507 e. The Morgan fingerprint density at radius 3 is 2.68 bits per heavy atom. The van der Waals surface area contributed by atoms with Crippen LogP contribution in [-0.2, 0) is 4.79 Å². The van der Waals surface area contributed by atoms with Crippen LogP contribution in [0.5, 0.6) is 5.75 Å². The number of hydrogen-bond donors (Lipinski definition) is 3. The Kier molecular flexibility index (Phi) is 4.69. The Labute approximate surface area is 143 Å². The predicted octanol–water partition coefficient (Wildman–Crippen LogP) is 2.26. The molecule has 3 rings (SSSR count). The van der Waals surface area contributed by atoms with Gasteiger partial charge < -0.3 is 20.8 Å².